The summed E-state index contributed by atoms with van der Waals surface area (Å²) in [7, 11) is 0. The fourth-order valence-corrected chi connectivity index (χ4v) is 2.51. The minimum absolute atomic E-state index is 1.04. The van der Waals surface area contributed by atoms with Crippen LogP contribution < -0.4 is 0 Å². The Morgan fingerprint density at radius 3 is 2.24 bits per heavy atom. The molecule has 0 saturated heterocycles. The van der Waals surface area contributed by atoms with E-state index in [2.05, 4.69) is 58.0 Å². The van der Waals surface area contributed by atoms with Gasteiger partial charge in [0.2, 0.25) is 0 Å². The highest BCUT2D eigenvalue weighted by Gasteiger charge is 2.06. The number of benzene rings is 2. The van der Waals surface area contributed by atoms with Gasteiger partial charge in [0, 0.05) is 0 Å². The van der Waals surface area contributed by atoms with Gasteiger partial charge in [0.05, 0.1) is 0 Å². The van der Waals surface area contributed by atoms with Crippen molar-refractivity contribution in [3.8, 4) is 11.1 Å². The molecule has 0 fully saturated rings. The third-order valence-corrected chi connectivity index (χ3v) is 3.21. The fraction of sp³-hybridized carbons (Fsp3) is 0.294. The van der Waals surface area contributed by atoms with E-state index in [9.17, 15) is 0 Å². The third kappa shape index (κ3) is 2.41. The number of rotatable bonds is 2. The molecular weight excluding hydrogens is 204 g/mol. The van der Waals surface area contributed by atoms with Crippen molar-refractivity contribution in [2.24, 2.45) is 0 Å². The minimum atomic E-state index is 1.04. The largest absolute Gasteiger partial charge is 0.0613 e. The molecule has 17 heavy (non-hydrogen) atoms. The molecule has 0 amide bonds. The summed E-state index contributed by atoms with van der Waals surface area (Å²) in [5.41, 5.74) is 8.02. The van der Waals surface area contributed by atoms with Crippen molar-refractivity contribution < 1.29 is 0 Å². The van der Waals surface area contributed by atoms with Gasteiger partial charge in [0.25, 0.3) is 0 Å². The first-order chi connectivity index (χ1) is 8.11. The first-order valence-electron chi connectivity index (χ1n) is 6.20. The molecule has 0 heterocycles. The average Bonchev–Trinajstić information content (AvgIpc) is 2.28. The lowest BCUT2D eigenvalue weighted by atomic mass is 9.93. The molecule has 0 spiro atoms. The Hall–Kier alpha value is -1.56. The highest BCUT2D eigenvalue weighted by atomic mass is 14.1. The summed E-state index contributed by atoms with van der Waals surface area (Å²) in [6, 6.07) is 14.2. The van der Waals surface area contributed by atoms with Crippen LogP contribution in [0.3, 0.4) is 0 Å². The van der Waals surface area contributed by atoms with E-state index < -0.39 is 0 Å². The summed E-state index contributed by atoms with van der Waals surface area (Å²) >= 11 is 0. The highest BCUT2D eigenvalue weighted by Crippen LogP contribution is 2.28. The first-order valence-corrected chi connectivity index (χ1v) is 6.20. The summed E-state index contributed by atoms with van der Waals surface area (Å²) in [6.45, 7) is 8.71. The second kappa shape index (κ2) is 4.75. The molecule has 0 aromatic heterocycles. The number of hydrogen-bond acceptors (Lipinski definition) is 0. The second-order valence-corrected chi connectivity index (χ2v) is 4.73. The van der Waals surface area contributed by atoms with Crippen molar-refractivity contribution >= 4 is 0 Å². The molecule has 0 heteroatoms. The summed E-state index contributed by atoms with van der Waals surface area (Å²) in [5, 5.41) is 0. The standard InChI is InChI=1S/C17H19/c1-5-15-7-6-8-16(11-15)17-13(3)9-12(2)10-14(17)4/h6,8-11H,5H2,1-4H3. The topological polar surface area (TPSA) is 0 Å². The van der Waals surface area contributed by atoms with E-state index >= 15 is 0 Å². The molecule has 1 radical (unpaired) electrons. The Morgan fingerprint density at radius 1 is 1.00 bits per heavy atom. The average molecular weight is 223 g/mol. The normalized spacial score (nSPS) is 10.6. The molecule has 0 N–H and O–H groups in total. The lowest BCUT2D eigenvalue weighted by Crippen LogP contribution is -1.91. The summed E-state index contributed by atoms with van der Waals surface area (Å²) in [6.07, 6.45) is 1.04. The van der Waals surface area contributed by atoms with Crippen molar-refractivity contribution in [2.75, 3.05) is 0 Å². The van der Waals surface area contributed by atoms with Crippen LogP contribution >= 0.6 is 0 Å². The van der Waals surface area contributed by atoms with Gasteiger partial charge in [-0.1, -0.05) is 42.8 Å². The van der Waals surface area contributed by atoms with Gasteiger partial charge in [-0.3, -0.25) is 0 Å². The summed E-state index contributed by atoms with van der Waals surface area (Å²) in [5.74, 6) is 0. The smallest absolute Gasteiger partial charge is 0.0125 e. The Kier molecular flexibility index (Phi) is 3.33. The maximum absolute atomic E-state index is 3.28. The summed E-state index contributed by atoms with van der Waals surface area (Å²) in [4.78, 5) is 0. The van der Waals surface area contributed by atoms with Crippen molar-refractivity contribution in [3.05, 3.63) is 58.7 Å². The molecule has 0 aliphatic heterocycles. The molecular formula is C17H19. The summed E-state index contributed by atoms with van der Waals surface area (Å²) < 4.78 is 0. The Bertz CT molecular complexity index is 512. The van der Waals surface area contributed by atoms with Gasteiger partial charge in [0.1, 0.15) is 0 Å². The van der Waals surface area contributed by atoms with Crippen molar-refractivity contribution in [1.29, 1.82) is 0 Å². The zero-order chi connectivity index (χ0) is 12.4. The van der Waals surface area contributed by atoms with Crippen LogP contribution in [0, 0.1) is 26.8 Å². The Balaban J connectivity index is 2.60. The predicted octanol–water partition coefficient (Wildman–Crippen LogP) is 4.64. The third-order valence-electron chi connectivity index (χ3n) is 3.21. The van der Waals surface area contributed by atoms with Crippen LogP contribution in [0.5, 0.6) is 0 Å². The monoisotopic (exact) mass is 223 g/mol. The molecule has 0 atom stereocenters. The van der Waals surface area contributed by atoms with Crippen LogP contribution in [-0.2, 0) is 6.42 Å². The molecule has 0 unspecified atom stereocenters. The van der Waals surface area contributed by atoms with E-state index in [-0.39, 0.29) is 0 Å². The predicted molar refractivity (Wildman–Crippen MR) is 74.3 cm³/mol. The van der Waals surface area contributed by atoms with Crippen molar-refractivity contribution in [1.82, 2.24) is 0 Å². The number of hydrogen-bond donors (Lipinski definition) is 0. The molecule has 0 aliphatic rings. The quantitative estimate of drug-likeness (QED) is 0.695. The molecule has 2 aromatic carbocycles. The SMILES string of the molecule is CCc1[c]ccc(-c2c(C)cc(C)cc2C)c1. The lowest BCUT2D eigenvalue weighted by Gasteiger charge is -2.12. The van der Waals surface area contributed by atoms with E-state index in [1.807, 2.05) is 6.07 Å². The van der Waals surface area contributed by atoms with Gasteiger partial charge in [-0.15, -0.1) is 0 Å². The van der Waals surface area contributed by atoms with Crippen molar-refractivity contribution in [3.63, 3.8) is 0 Å². The van der Waals surface area contributed by atoms with Gasteiger partial charge >= 0.3 is 0 Å². The minimum Gasteiger partial charge on any atom is -0.0613 e. The van der Waals surface area contributed by atoms with Crippen LogP contribution in [0.1, 0.15) is 29.2 Å². The van der Waals surface area contributed by atoms with Crippen LogP contribution in [0.25, 0.3) is 11.1 Å². The van der Waals surface area contributed by atoms with E-state index in [1.54, 1.807) is 0 Å². The van der Waals surface area contributed by atoms with Crippen LogP contribution in [0.2, 0.25) is 0 Å². The molecule has 87 valence electrons. The maximum atomic E-state index is 3.28. The van der Waals surface area contributed by atoms with Gasteiger partial charge < -0.3 is 0 Å². The Morgan fingerprint density at radius 2 is 1.65 bits per heavy atom. The van der Waals surface area contributed by atoms with E-state index in [0.29, 0.717) is 0 Å². The van der Waals surface area contributed by atoms with Gasteiger partial charge in [-0.05, 0) is 61.1 Å². The van der Waals surface area contributed by atoms with E-state index in [0.717, 1.165) is 6.42 Å². The van der Waals surface area contributed by atoms with Crippen LogP contribution in [-0.4, -0.2) is 0 Å². The molecule has 0 aliphatic carbocycles. The molecule has 0 bridgehead atoms. The Labute approximate surface area is 104 Å². The molecule has 0 nitrogen and oxygen atoms in total. The molecule has 0 saturated carbocycles. The molecule has 2 rings (SSSR count). The van der Waals surface area contributed by atoms with Gasteiger partial charge in [-0.25, -0.2) is 0 Å². The van der Waals surface area contributed by atoms with Crippen molar-refractivity contribution in [2.45, 2.75) is 34.1 Å². The zero-order valence-corrected chi connectivity index (χ0v) is 11.1. The molecule has 2 aromatic rings. The number of aryl methyl sites for hydroxylation is 4. The van der Waals surface area contributed by atoms with Gasteiger partial charge in [-0.2, -0.15) is 0 Å². The van der Waals surface area contributed by atoms with Crippen LogP contribution in [0.15, 0.2) is 30.3 Å². The zero-order valence-electron chi connectivity index (χ0n) is 11.1. The first kappa shape index (κ1) is 11.9. The highest BCUT2D eigenvalue weighted by molar-refractivity contribution is 5.71. The van der Waals surface area contributed by atoms with Crippen LogP contribution in [0.4, 0.5) is 0 Å². The lowest BCUT2D eigenvalue weighted by molar-refractivity contribution is 1.14. The van der Waals surface area contributed by atoms with Gasteiger partial charge in [0.15, 0.2) is 0 Å². The van der Waals surface area contributed by atoms with E-state index in [4.69, 9.17) is 0 Å². The maximum Gasteiger partial charge on any atom is -0.0125 e. The van der Waals surface area contributed by atoms with E-state index in [1.165, 1.54) is 33.4 Å². The second-order valence-electron chi connectivity index (χ2n) is 4.73. The fourth-order valence-electron chi connectivity index (χ4n) is 2.51.